The van der Waals surface area contributed by atoms with Crippen LogP contribution in [0, 0.1) is 5.92 Å². The van der Waals surface area contributed by atoms with Crippen LogP contribution < -0.4 is 20.1 Å². The van der Waals surface area contributed by atoms with Crippen LogP contribution in [0.1, 0.15) is 43.0 Å². The van der Waals surface area contributed by atoms with Crippen molar-refractivity contribution in [3.8, 4) is 5.75 Å². The lowest BCUT2D eigenvalue weighted by molar-refractivity contribution is -0.117. The van der Waals surface area contributed by atoms with Crippen molar-refractivity contribution >= 4 is 27.5 Å². The molecule has 0 radical (unpaired) electrons. The SMILES string of the molecule is CCCCOc1ccc(S(=O)(=O)NCCNC(=O)c2ccc(NC(=O)C3CC3)cc2)cc1. The molecular formula is C23H29N3O5S. The summed E-state index contributed by atoms with van der Waals surface area (Å²) >= 11 is 0. The number of carbonyl (C=O) groups excluding carboxylic acids is 2. The highest BCUT2D eigenvalue weighted by atomic mass is 32.2. The largest absolute Gasteiger partial charge is 0.494 e. The van der Waals surface area contributed by atoms with Gasteiger partial charge in [-0.2, -0.15) is 0 Å². The van der Waals surface area contributed by atoms with Crippen molar-refractivity contribution in [1.82, 2.24) is 10.0 Å². The van der Waals surface area contributed by atoms with Crippen molar-refractivity contribution < 1.29 is 22.7 Å². The van der Waals surface area contributed by atoms with E-state index in [1.54, 1.807) is 36.4 Å². The molecule has 0 spiro atoms. The maximum absolute atomic E-state index is 12.4. The minimum absolute atomic E-state index is 0.00754. The van der Waals surface area contributed by atoms with Crippen molar-refractivity contribution in [2.75, 3.05) is 25.0 Å². The summed E-state index contributed by atoms with van der Waals surface area (Å²) in [5, 5.41) is 5.49. The number of carbonyl (C=O) groups is 2. The van der Waals surface area contributed by atoms with Gasteiger partial charge in [-0.1, -0.05) is 13.3 Å². The Hall–Kier alpha value is -2.91. The van der Waals surface area contributed by atoms with Crippen LogP contribution in [0.15, 0.2) is 53.4 Å². The summed E-state index contributed by atoms with van der Waals surface area (Å²) < 4.78 is 32.8. The highest BCUT2D eigenvalue weighted by Gasteiger charge is 2.29. The Morgan fingerprint density at radius 3 is 2.31 bits per heavy atom. The van der Waals surface area contributed by atoms with Gasteiger partial charge in [-0.25, -0.2) is 13.1 Å². The van der Waals surface area contributed by atoms with Gasteiger partial charge in [0, 0.05) is 30.3 Å². The van der Waals surface area contributed by atoms with Gasteiger partial charge in [0.05, 0.1) is 11.5 Å². The topological polar surface area (TPSA) is 114 Å². The van der Waals surface area contributed by atoms with Gasteiger partial charge in [0.1, 0.15) is 5.75 Å². The first kappa shape index (κ1) is 23.7. The number of sulfonamides is 1. The molecule has 1 saturated carbocycles. The summed E-state index contributed by atoms with van der Waals surface area (Å²) in [5.74, 6) is 0.424. The molecule has 172 valence electrons. The van der Waals surface area contributed by atoms with E-state index in [9.17, 15) is 18.0 Å². The Bertz CT molecular complexity index is 1020. The van der Waals surface area contributed by atoms with Gasteiger partial charge in [-0.15, -0.1) is 0 Å². The van der Waals surface area contributed by atoms with Crippen molar-refractivity contribution in [3.05, 3.63) is 54.1 Å². The molecule has 0 bridgehead atoms. The van der Waals surface area contributed by atoms with E-state index in [2.05, 4.69) is 22.3 Å². The third-order valence-electron chi connectivity index (χ3n) is 4.97. The van der Waals surface area contributed by atoms with Crippen molar-refractivity contribution in [1.29, 1.82) is 0 Å². The fraction of sp³-hybridized carbons (Fsp3) is 0.391. The molecule has 0 atom stereocenters. The zero-order valence-corrected chi connectivity index (χ0v) is 18.9. The Morgan fingerprint density at radius 1 is 1.00 bits per heavy atom. The van der Waals surface area contributed by atoms with Gasteiger partial charge in [-0.05, 0) is 67.8 Å². The van der Waals surface area contributed by atoms with Crippen LogP contribution in [0.4, 0.5) is 5.69 Å². The summed E-state index contributed by atoms with van der Waals surface area (Å²) in [6, 6.07) is 12.8. The lowest BCUT2D eigenvalue weighted by atomic mass is 10.2. The predicted molar refractivity (Wildman–Crippen MR) is 122 cm³/mol. The van der Waals surface area contributed by atoms with Gasteiger partial charge in [-0.3, -0.25) is 9.59 Å². The Labute approximate surface area is 188 Å². The smallest absolute Gasteiger partial charge is 0.251 e. The first-order valence-electron chi connectivity index (χ1n) is 10.8. The molecule has 0 aliphatic heterocycles. The third kappa shape index (κ3) is 7.06. The van der Waals surface area contributed by atoms with Crippen LogP contribution >= 0.6 is 0 Å². The van der Waals surface area contributed by atoms with E-state index >= 15 is 0 Å². The molecule has 9 heteroatoms. The first-order chi connectivity index (χ1) is 15.4. The number of hydrogen-bond donors (Lipinski definition) is 3. The summed E-state index contributed by atoms with van der Waals surface area (Å²) in [7, 11) is -3.68. The number of anilines is 1. The molecular weight excluding hydrogens is 430 g/mol. The van der Waals surface area contributed by atoms with Crippen molar-refractivity contribution in [2.24, 2.45) is 5.92 Å². The van der Waals surface area contributed by atoms with Crippen LogP contribution in [0.2, 0.25) is 0 Å². The number of unbranched alkanes of at least 4 members (excludes halogenated alkanes) is 1. The van der Waals surface area contributed by atoms with Crippen molar-refractivity contribution in [2.45, 2.75) is 37.5 Å². The zero-order chi connectivity index (χ0) is 23.0. The zero-order valence-electron chi connectivity index (χ0n) is 18.1. The molecule has 0 aromatic heterocycles. The number of ether oxygens (including phenoxy) is 1. The Balaban J connectivity index is 1.41. The number of benzene rings is 2. The molecule has 3 N–H and O–H groups in total. The maximum atomic E-state index is 12.4. The highest BCUT2D eigenvalue weighted by molar-refractivity contribution is 7.89. The molecule has 8 nitrogen and oxygen atoms in total. The second-order valence-electron chi connectivity index (χ2n) is 7.67. The van der Waals surface area contributed by atoms with E-state index < -0.39 is 10.0 Å². The van der Waals surface area contributed by atoms with Crippen LogP contribution in [-0.4, -0.2) is 39.9 Å². The van der Waals surface area contributed by atoms with Crippen LogP contribution in [0.25, 0.3) is 0 Å². The van der Waals surface area contributed by atoms with E-state index in [-0.39, 0.29) is 35.7 Å². The molecule has 0 heterocycles. The van der Waals surface area contributed by atoms with E-state index in [0.29, 0.717) is 23.6 Å². The van der Waals surface area contributed by atoms with E-state index in [4.69, 9.17) is 4.74 Å². The minimum Gasteiger partial charge on any atom is -0.494 e. The van der Waals surface area contributed by atoms with E-state index in [0.717, 1.165) is 25.7 Å². The average molecular weight is 460 g/mol. The lowest BCUT2D eigenvalue weighted by Crippen LogP contribution is -2.34. The molecule has 32 heavy (non-hydrogen) atoms. The van der Waals surface area contributed by atoms with Crippen LogP contribution in [0.3, 0.4) is 0 Å². The van der Waals surface area contributed by atoms with Crippen molar-refractivity contribution in [3.63, 3.8) is 0 Å². The summed E-state index contributed by atoms with van der Waals surface area (Å²) in [6.07, 6.45) is 3.81. The highest BCUT2D eigenvalue weighted by Crippen LogP contribution is 2.30. The lowest BCUT2D eigenvalue weighted by Gasteiger charge is -2.10. The first-order valence-corrected chi connectivity index (χ1v) is 12.3. The summed E-state index contributed by atoms with van der Waals surface area (Å²) in [6.45, 7) is 2.85. The molecule has 0 unspecified atom stereocenters. The van der Waals surface area contributed by atoms with Gasteiger partial charge in [0.2, 0.25) is 15.9 Å². The number of nitrogens with one attached hydrogen (secondary N) is 3. The number of amides is 2. The second kappa shape index (κ2) is 11.1. The van der Waals surface area contributed by atoms with E-state index in [1.165, 1.54) is 12.1 Å². The molecule has 2 amide bonds. The standard InChI is InChI=1S/C23H29N3O5S/c1-2-3-16-31-20-10-12-21(13-11-20)32(29,30)25-15-14-24-22(27)17-6-8-19(9-7-17)26-23(28)18-4-5-18/h6-13,18,25H,2-5,14-16H2,1H3,(H,24,27)(H,26,28). The fourth-order valence-electron chi connectivity index (χ4n) is 2.89. The van der Waals surface area contributed by atoms with Gasteiger partial charge >= 0.3 is 0 Å². The second-order valence-corrected chi connectivity index (χ2v) is 9.43. The van der Waals surface area contributed by atoms with Crippen LogP contribution in [0.5, 0.6) is 5.75 Å². The normalized spacial score (nSPS) is 13.4. The fourth-order valence-corrected chi connectivity index (χ4v) is 3.92. The van der Waals surface area contributed by atoms with Gasteiger partial charge in [0.25, 0.3) is 5.91 Å². The molecule has 1 aliphatic rings. The van der Waals surface area contributed by atoms with Gasteiger partial charge < -0.3 is 15.4 Å². The Kier molecular flexibility index (Phi) is 8.24. The summed E-state index contributed by atoms with van der Waals surface area (Å²) in [4.78, 5) is 24.2. The third-order valence-corrected chi connectivity index (χ3v) is 6.44. The van der Waals surface area contributed by atoms with Crippen LogP contribution in [-0.2, 0) is 14.8 Å². The quantitative estimate of drug-likeness (QED) is 0.422. The molecule has 0 saturated heterocycles. The molecule has 2 aromatic rings. The maximum Gasteiger partial charge on any atom is 0.251 e. The predicted octanol–water partition coefficient (Wildman–Crippen LogP) is 2.92. The van der Waals surface area contributed by atoms with E-state index in [1.807, 2.05) is 0 Å². The average Bonchev–Trinajstić information content (AvgIpc) is 3.63. The number of hydrogen-bond acceptors (Lipinski definition) is 5. The molecule has 2 aromatic carbocycles. The summed E-state index contributed by atoms with van der Waals surface area (Å²) in [5.41, 5.74) is 1.07. The number of rotatable bonds is 12. The minimum atomic E-state index is -3.68. The molecule has 1 aliphatic carbocycles. The Morgan fingerprint density at radius 2 is 1.69 bits per heavy atom. The van der Waals surface area contributed by atoms with Gasteiger partial charge in [0.15, 0.2) is 0 Å². The molecule has 3 rings (SSSR count). The molecule has 1 fully saturated rings. The monoisotopic (exact) mass is 459 g/mol.